The monoisotopic (exact) mass is 304 g/mol. The molecule has 20 heavy (non-hydrogen) atoms. The molecule has 2 N–H and O–H groups in total. The minimum Gasteiger partial charge on any atom is -0.367 e. The van der Waals surface area contributed by atoms with Crippen LogP contribution in [-0.4, -0.2) is 5.16 Å². The van der Waals surface area contributed by atoms with E-state index in [9.17, 15) is 0 Å². The zero-order valence-corrected chi connectivity index (χ0v) is 11.8. The molecule has 0 fully saturated rings. The van der Waals surface area contributed by atoms with Crippen LogP contribution in [-0.2, 0) is 0 Å². The molecule has 0 atom stereocenters. The van der Waals surface area contributed by atoms with Gasteiger partial charge in [-0.1, -0.05) is 58.7 Å². The smallest absolute Gasteiger partial charge is 0.230 e. The average molecular weight is 305 g/mol. The highest BCUT2D eigenvalue weighted by molar-refractivity contribution is 6.36. The van der Waals surface area contributed by atoms with E-state index in [1.54, 1.807) is 18.2 Å². The van der Waals surface area contributed by atoms with Crippen molar-refractivity contribution in [1.82, 2.24) is 5.16 Å². The van der Waals surface area contributed by atoms with Crippen molar-refractivity contribution in [3.05, 3.63) is 58.6 Å². The second kappa shape index (κ2) is 5.19. The molecule has 0 amide bonds. The summed E-state index contributed by atoms with van der Waals surface area (Å²) in [5.41, 5.74) is 8.89. The number of nitrogens with zero attached hydrogens (tertiary/aromatic N) is 1. The summed E-state index contributed by atoms with van der Waals surface area (Å²) in [6.07, 6.45) is 0. The largest absolute Gasteiger partial charge is 0.367 e. The van der Waals surface area contributed by atoms with Crippen LogP contribution in [0.25, 0.3) is 22.4 Å². The molecule has 0 saturated heterocycles. The van der Waals surface area contributed by atoms with E-state index in [2.05, 4.69) is 5.16 Å². The van der Waals surface area contributed by atoms with E-state index in [1.807, 2.05) is 30.3 Å². The minimum atomic E-state index is 0.261. The highest BCUT2D eigenvalue weighted by Crippen LogP contribution is 2.39. The maximum atomic E-state index is 6.23. The van der Waals surface area contributed by atoms with Gasteiger partial charge in [0.25, 0.3) is 0 Å². The molecule has 0 radical (unpaired) electrons. The van der Waals surface area contributed by atoms with Crippen molar-refractivity contribution in [2.75, 3.05) is 5.73 Å². The first-order valence-electron chi connectivity index (χ1n) is 5.93. The van der Waals surface area contributed by atoms with Crippen LogP contribution in [0.2, 0.25) is 10.0 Å². The lowest BCUT2D eigenvalue weighted by Crippen LogP contribution is -1.88. The standard InChI is InChI=1S/C15H10Cl2N2O/c16-10-6-7-11(12(17)8-10)14-13(15(18)20-19-14)9-4-2-1-3-5-9/h1-8H,18H2. The van der Waals surface area contributed by atoms with Gasteiger partial charge in [0.05, 0.1) is 10.6 Å². The molecule has 0 aliphatic rings. The third-order valence-electron chi connectivity index (χ3n) is 2.97. The molecule has 3 nitrogen and oxygen atoms in total. The van der Waals surface area contributed by atoms with Gasteiger partial charge in [-0.3, -0.25) is 0 Å². The minimum absolute atomic E-state index is 0.261. The van der Waals surface area contributed by atoms with Gasteiger partial charge in [-0.2, -0.15) is 0 Å². The summed E-state index contributed by atoms with van der Waals surface area (Å²) in [6.45, 7) is 0. The molecule has 100 valence electrons. The summed E-state index contributed by atoms with van der Waals surface area (Å²) in [5.74, 6) is 0.261. The molecule has 0 saturated carbocycles. The van der Waals surface area contributed by atoms with Crippen molar-refractivity contribution in [2.45, 2.75) is 0 Å². The predicted molar refractivity (Wildman–Crippen MR) is 81.8 cm³/mol. The molecular formula is C15H10Cl2N2O. The van der Waals surface area contributed by atoms with Gasteiger partial charge < -0.3 is 10.3 Å². The molecule has 0 bridgehead atoms. The number of nitrogen functional groups attached to an aromatic ring is 1. The van der Waals surface area contributed by atoms with E-state index in [0.717, 1.165) is 16.7 Å². The Hall–Kier alpha value is -1.97. The summed E-state index contributed by atoms with van der Waals surface area (Å²) in [7, 11) is 0. The fourth-order valence-electron chi connectivity index (χ4n) is 2.05. The summed E-state index contributed by atoms with van der Waals surface area (Å²) < 4.78 is 5.13. The molecular weight excluding hydrogens is 295 g/mol. The summed E-state index contributed by atoms with van der Waals surface area (Å²) in [5, 5.41) is 5.09. The topological polar surface area (TPSA) is 52.0 Å². The molecule has 0 unspecified atom stereocenters. The SMILES string of the molecule is Nc1onc(-c2ccc(Cl)cc2Cl)c1-c1ccccc1. The second-order valence-electron chi connectivity index (χ2n) is 4.26. The van der Waals surface area contributed by atoms with Crippen molar-refractivity contribution in [3.63, 3.8) is 0 Å². The number of aromatic nitrogens is 1. The van der Waals surface area contributed by atoms with Crippen molar-refractivity contribution >= 4 is 29.1 Å². The van der Waals surface area contributed by atoms with Crippen LogP contribution >= 0.6 is 23.2 Å². The van der Waals surface area contributed by atoms with E-state index in [4.69, 9.17) is 33.5 Å². The molecule has 1 heterocycles. The number of benzene rings is 2. The number of halogens is 2. The van der Waals surface area contributed by atoms with Crippen LogP contribution in [0.3, 0.4) is 0 Å². The highest BCUT2D eigenvalue weighted by atomic mass is 35.5. The van der Waals surface area contributed by atoms with E-state index in [-0.39, 0.29) is 5.88 Å². The van der Waals surface area contributed by atoms with Crippen molar-refractivity contribution in [2.24, 2.45) is 0 Å². The Morgan fingerprint density at radius 1 is 1.00 bits per heavy atom. The first-order valence-corrected chi connectivity index (χ1v) is 6.68. The Labute approximate surface area is 125 Å². The zero-order valence-electron chi connectivity index (χ0n) is 10.3. The third kappa shape index (κ3) is 2.26. The van der Waals surface area contributed by atoms with Crippen LogP contribution in [0.15, 0.2) is 53.1 Å². The van der Waals surface area contributed by atoms with Gasteiger partial charge in [0.15, 0.2) is 0 Å². The Balaban J connectivity index is 2.21. The third-order valence-corrected chi connectivity index (χ3v) is 3.52. The van der Waals surface area contributed by atoms with Gasteiger partial charge in [0.2, 0.25) is 5.88 Å². The number of hydrogen-bond acceptors (Lipinski definition) is 3. The molecule has 3 aromatic rings. The molecule has 3 rings (SSSR count). The molecule has 2 aromatic carbocycles. The normalized spacial score (nSPS) is 10.7. The van der Waals surface area contributed by atoms with E-state index in [1.165, 1.54) is 0 Å². The maximum Gasteiger partial charge on any atom is 0.230 e. The summed E-state index contributed by atoms with van der Waals surface area (Å²) in [4.78, 5) is 0. The van der Waals surface area contributed by atoms with Crippen molar-refractivity contribution < 1.29 is 4.52 Å². The lowest BCUT2D eigenvalue weighted by molar-refractivity contribution is 0.439. The van der Waals surface area contributed by atoms with Crippen LogP contribution < -0.4 is 5.73 Å². The quantitative estimate of drug-likeness (QED) is 0.732. The first-order chi connectivity index (χ1) is 9.66. The average Bonchev–Trinajstić information content (AvgIpc) is 2.81. The van der Waals surface area contributed by atoms with Gasteiger partial charge in [-0.25, -0.2) is 0 Å². The maximum absolute atomic E-state index is 6.23. The number of nitrogens with two attached hydrogens (primary N) is 1. The fourth-order valence-corrected chi connectivity index (χ4v) is 2.55. The Morgan fingerprint density at radius 3 is 2.45 bits per heavy atom. The Bertz CT molecular complexity index is 754. The van der Waals surface area contributed by atoms with Crippen LogP contribution in [0, 0.1) is 0 Å². The molecule has 5 heteroatoms. The molecule has 0 aliphatic carbocycles. The van der Waals surface area contributed by atoms with Gasteiger partial charge in [-0.15, -0.1) is 0 Å². The zero-order chi connectivity index (χ0) is 14.1. The van der Waals surface area contributed by atoms with Gasteiger partial charge in [-0.05, 0) is 23.8 Å². The van der Waals surface area contributed by atoms with E-state index >= 15 is 0 Å². The number of rotatable bonds is 2. The number of hydrogen-bond donors (Lipinski definition) is 1. The molecule has 1 aromatic heterocycles. The van der Waals surface area contributed by atoms with Crippen LogP contribution in [0.1, 0.15) is 0 Å². The highest BCUT2D eigenvalue weighted by Gasteiger charge is 2.19. The van der Waals surface area contributed by atoms with Gasteiger partial charge >= 0.3 is 0 Å². The summed E-state index contributed by atoms with van der Waals surface area (Å²) in [6, 6.07) is 14.9. The van der Waals surface area contributed by atoms with Gasteiger partial charge in [0.1, 0.15) is 5.69 Å². The van der Waals surface area contributed by atoms with Crippen LogP contribution in [0.4, 0.5) is 5.88 Å². The summed E-state index contributed by atoms with van der Waals surface area (Å²) >= 11 is 12.1. The predicted octanol–water partition coefficient (Wildman–Crippen LogP) is 4.90. The first kappa shape index (κ1) is 13.0. The lowest BCUT2D eigenvalue weighted by atomic mass is 10.0. The van der Waals surface area contributed by atoms with Crippen molar-refractivity contribution in [3.8, 4) is 22.4 Å². The van der Waals surface area contributed by atoms with E-state index < -0.39 is 0 Å². The fraction of sp³-hybridized carbons (Fsp3) is 0. The van der Waals surface area contributed by atoms with E-state index in [0.29, 0.717) is 15.7 Å². The Kier molecular flexibility index (Phi) is 3.38. The lowest BCUT2D eigenvalue weighted by Gasteiger charge is -2.05. The van der Waals surface area contributed by atoms with Crippen molar-refractivity contribution in [1.29, 1.82) is 0 Å². The molecule has 0 spiro atoms. The molecule has 0 aliphatic heterocycles. The number of anilines is 1. The van der Waals surface area contributed by atoms with Crippen LogP contribution in [0.5, 0.6) is 0 Å². The Morgan fingerprint density at radius 2 is 1.75 bits per heavy atom. The van der Waals surface area contributed by atoms with Gasteiger partial charge in [0, 0.05) is 10.6 Å². The second-order valence-corrected chi connectivity index (χ2v) is 5.10.